The van der Waals surface area contributed by atoms with Crippen LogP contribution in [-0.4, -0.2) is 29.9 Å². The fourth-order valence-electron chi connectivity index (χ4n) is 2.32. The van der Waals surface area contributed by atoms with Crippen LogP contribution in [0.2, 0.25) is 0 Å². The van der Waals surface area contributed by atoms with Crippen molar-refractivity contribution in [1.82, 2.24) is 4.98 Å². The van der Waals surface area contributed by atoms with Gasteiger partial charge >= 0.3 is 7.12 Å². The van der Waals surface area contributed by atoms with Crippen molar-refractivity contribution in [2.45, 2.75) is 58.7 Å². The third kappa shape index (κ3) is 2.95. The van der Waals surface area contributed by atoms with Gasteiger partial charge in [-0.1, -0.05) is 0 Å². The molecule has 0 aromatic carbocycles. The second-order valence-electron chi connectivity index (χ2n) is 7.22. The predicted molar refractivity (Wildman–Crippen MR) is 82.9 cm³/mol. The van der Waals surface area contributed by atoms with Crippen molar-refractivity contribution in [1.29, 1.82) is 0 Å². The Morgan fingerprint density at radius 2 is 1.86 bits per heavy atom. The van der Waals surface area contributed by atoms with E-state index in [1.54, 1.807) is 0 Å². The first-order valence-corrected chi connectivity index (χ1v) is 7.73. The summed E-state index contributed by atoms with van der Waals surface area (Å²) in [7, 11) is -0.361. The standard InChI is InChI=1S/C16H24BNO3/c1-11-8-14(19-10-12-6-7-12)18-9-13(11)17-20-15(2,3)16(4,5)21-17/h8-9,12H,6-7,10H2,1-5H3. The molecule has 1 aliphatic heterocycles. The van der Waals surface area contributed by atoms with Crippen LogP contribution in [-0.2, 0) is 9.31 Å². The van der Waals surface area contributed by atoms with E-state index in [0.717, 1.165) is 23.6 Å². The molecule has 1 saturated heterocycles. The number of rotatable bonds is 4. The number of nitrogens with zero attached hydrogens (tertiary/aromatic N) is 1. The summed E-state index contributed by atoms with van der Waals surface area (Å²) in [6.45, 7) is 11.1. The normalized spacial score (nSPS) is 23.4. The first-order chi connectivity index (χ1) is 9.78. The minimum absolute atomic E-state index is 0.328. The molecule has 2 heterocycles. The highest BCUT2D eigenvalue weighted by Gasteiger charge is 2.52. The molecule has 0 spiro atoms. The molecule has 1 aromatic heterocycles. The van der Waals surface area contributed by atoms with Gasteiger partial charge in [-0.15, -0.1) is 0 Å². The van der Waals surface area contributed by atoms with Gasteiger partial charge < -0.3 is 14.0 Å². The van der Waals surface area contributed by atoms with E-state index >= 15 is 0 Å². The SMILES string of the molecule is Cc1cc(OCC2CC2)ncc1B1OC(C)(C)C(C)(C)O1. The smallest absolute Gasteiger partial charge is 0.477 e. The average molecular weight is 289 g/mol. The van der Waals surface area contributed by atoms with Crippen molar-refractivity contribution in [3.63, 3.8) is 0 Å². The Bertz CT molecular complexity index is 524. The van der Waals surface area contributed by atoms with Crippen molar-refractivity contribution in [2.75, 3.05) is 6.61 Å². The Morgan fingerprint density at radius 3 is 2.38 bits per heavy atom. The molecule has 2 aliphatic rings. The van der Waals surface area contributed by atoms with Gasteiger partial charge in [0.05, 0.1) is 17.8 Å². The van der Waals surface area contributed by atoms with E-state index in [2.05, 4.69) is 32.7 Å². The number of aromatic nitrogens is 1. The topological polar surface area (TPSA) is 40.6 Å². The zero-order valence-electron chi connectivity index (χ0n) is 13.6. The molecular weight excluding hydrogens is 265 g/mol. The third-order valence-electron chi connectivity index (χ3n) is 4.80. The van der Waals surface area contributed by atoms with Gasteiger partial charge in [-0.25, -0.2) is 4.98 Å². The third-order valence-corrected chi connectivity index (χ3v) is 4.80. The second-order valence-corrected chi connectivity index (χ2v) is 7.22. The van der Waals surface area contributed by atoms with Gasteiger partial charge in [0.2, 0.25) is 5.88 Å². The largest absolute Gasteiger partial charge is 0.496 e. The molecule has 1 aromatic rings. The quantitative estimate of drug-likeness (QED) is 0.798. The zero-order valence-corrected chi connectivity index (χ0v) is 13.6. The van der Waals surface area contributed by atoms with Gasteiger partial charge in [0.15, 0.2) is 0 Å². The van der Waals surface area contributed by atoms with E-state index in [-0.39, 0.29) is 18.3 Å². The Labute approximate surface area is 127 Å². The molecule has 5 heteroatoms. The summed E-state index contributed by atoms with van der Waals surface area (Å²) >= 11 is 0. The van der Waals surface area contributed by atoms with Crippen molar-refractivity contribution in [3.8, 4) is 5.88 Å². The summed E-state index contributed by atoms with van der Waals surface area (Å²) in [5.41, 5.74) is 1.41. The van der Waals surface area contributed by atoms with Gasteiger partial charge in [-0.2, -0.15) is 0 Å². The molecule has 0 bridgehead atoms. The lowest BCUT2D eigenvalue weighted by Crippen LogP contribution is -2.41. The molecule has 0 N–H and O–H groups in total. The summed E-state index contributed by atoms with van der Waals surface area (Å²) in [6.07, 6.45) is 4.38. The van der Waals surface area contributed by atoms with Crippen LogP contribution in [0.25, 0.3) is 0 Å². The monoisotopic (exact) mass is 289 g/mol. The van der Waals surface area contributed by atoms with E-state index < -0.39 is 0 Å². The van der Waals surface area contributed by atoms with Crippen molar-refractivity contribution >= 4 is 12.6 Å². The van der Waals surface area contributed by atoms with Crippen molar-refractivity contribution in [3.05, 3.63) is 17.8 Å². The van der Waals surface area contributed by atoms with Crippen LogP contribution < -0.4 is 10.2 Å². The van der Waals surface area contributed by atoms with E-state index in [1.165, 1.54) is 12.8 Å². The second kappa shape index (κ2) is 4.99. The van der Waals surface area contributed by atoms with Crippen LogP contribution in [0.15, 0.2) is 12.3 Å². The first-order valence-electron chi connectivity index (χ1n) is 7.73. The molecule has 1 saturated carbocycles. The summed E-state index contributed by atoms with van der Waals surface area (Å²) in [5.74, 6) is 1.43. The highest BCUT2D eigenvalue weighted by atomic mass is 16.7. The maximum atomic E-state index is 6.08. The summed E-state index contributed by atoms with van der Waals surface area (Å²) < 4.78 is 17.9. The molecule has 114 valence electrons. The molecule has 0 amide bonds. The van der Waals surface area contributed by atoms with Crippen LogP contribution in [0.1, 0.15) is 46.1 Å². The van der Waals surface area contributed by atoms with E-state index in [0.29, 0.717) is 5.88 Å². The van der Waals surface area contributed by atoms with Gasteiger partial charge in [0.25, 0.3) is 0 Å². The minimum atomic E-state index is -0.361. The maximum Gasteiger partial charge on any atom is 0.496 e. The Kier molecular flexibility index (Phi) is 3.53. The molecule has 0 atom stereocenters. The number of hydrogen-bond acceptors (Lipinski definition) is 4. The van der Waals surface area contributed by atoms with Crippen LogP contribution in [0.3, 0.4) is 0 Å². The molecule has 21 heavy (non-hydrogen) atoms. The van der Waals surface area contributed by atoms with Crippen LogP contribution in [0.4, 0.5) is 0 Å². The molecule has 1 aliphatic carbocycles. The lowest BCUT2D eigenvalue weighted by Gasteiger charge is -2.32. The van der Waals surface area contributed by atoms with Gasteiger partial charge in [-0.3, -0.25) is 0 Å². The maximum absolute atomic E-state index is 6.08. The lowest BCUT2D eigenvalue weighted by atomic mass is 9.77. The van der Waals surface area contributed by atoms with E-state index in [9.17, 15) is 0 Å². The average Bonchev–Trinajstić information content (AvgIpc) is 3.15. The lowest BCUT2D eigenvalue weighted by molar-refractivity contribution is 0.00578. The molecule has 2 fully saturated rings. The summed E-state index contributed by atoms with van der Waals surface area (Å²) in [5, 5.41) is 0. The van der Waals surface area contributed by atoms with E-state index in [1.807, 2.05) is 19.2 Å². The van der Waals surface area contributed by atoms with Crippen molar-refractivity contribution < 1.29 is 14.0 Å². The fourth-order valence-corrected chi connectivity index (χ4v) is 2.32. The number of aryl methyl sites for hydroxylation is 1. The fraction of sp³-hybridized carbons (Fsp3) is 0.688. The molecule has 0 unspecified atom stereocenters. The Morgan fingerprint density at radius 1 is 1.24 bits per heavy atom. The molecule has 0 radical (unpaired) electrons. The number of pyridine rings is 1. The highest BCUT2D eigenvalue weighted by Crippen LogP contribution is 2.36. The Hall–Kier alpha value is -1.07. The first kappa shape index (κ1) is 14.9. The molecular formula is C16H24BNO3. The molecule has 3 rings (SSSR count). The molecule has 4 nitrogen and oxygen atoms in total. The van der Waals surface area contributed by atoms with Crippen LogP contribution in [0.5, 0.6) is 5.88 Å². The van der Waals surface area contributed by atoms with Gasteiger partial charge in [0.1, 0.15) is 0 Å². The predicted octanol–water partition coefficient (Wildman–Crippen LogP) is 2.48. The van der Waals surface area contributed by atoms with Gasteiger partial charge in [0, 0.05) is 17.7 Å². The number of ether oxygens (including phenoxy) is 1. The van der Waals surface area contributed by atoms with E-state index in [4.69, 9.17) is 14.0 Å². The van der Waals surface area contributed by atoms with Crippen LogP contribution >= 0.6 is 0 Å². The van der Waals surface area contributed by atoms with Crippen molar-refractivity contribution in [2.24, 2.45) is 5.92 Å². The van der Waals surface area contributed by atoms with Gasteiger partial charge in [-0.05, 0) is 58.9 Å². The van der Waals surface area contributed by atoms with Crippen LogP contribution in [0, 0.1) is 12.8 Å². The summed E-state index contributed by atoms with van der Waals surface area (Å²) in [6, 6.07) is 1.97. The summed E-state index contributed by atoms with van der Waals surface area (Å²) in [4.78, 5) is 4.40. The Balaban J connectivity index is 1.74. The highest BCUT2D eigenvalue weighted by molar-refractivity contribution is 6.62. The minimum Gasteiger partial charge on any atom is -0.477 e. The zero-order chi connectivity index (χ0) is 15.3. The number of hydrogen-bond donors (Lipinski definition) is 0.